The lowest BCUT2D eigenvalue weighted by Gasteiger charge is -2.10. The predicted molar refractivity (Wildman–Crippen MR) is 61.4 cm³/mol. The molecule has 0 aliphatic rings. The zero-order chi connectivity index (χ0) is 11.3. The number of anilines is 1. The Morgan fingerprint density at radius 2 is 2.47 bits per heavy atom. The van der Waals surface area contributed by atoms with E-state index in [1.807, 2.05) is 0 Å². The summed E-state index contributed by atoms with van der Waals surface area (Å²) in [5.41, 5.74) is 0.624. The van der Waals surface area contributed by atoms with E-state index >= 15 is 0 Å². The first-order valence-electron chi connectivity index (χ1n) is 5.04. The molecular formula is C10H16N2O2S. The van der Waals surface area contributed by atoms with Crippen molar-refractivity contribution in [3.63, 3.8) is 0 Å². The molecule has 1 aromatic rings. The fourth-order valence-electron chi connectivity index (χ4n) is 1.33. The van der Waals surface area contributed by atoms with E-state index in [9.17, 15) is 4.79 Å². The summed E-state index contributed by atoms with van der Waals surface area (Å²) in [7, 11) is 0. The van der Waals surface area contributed by atoms with Crippen LogP contribution in [0.2, 0.25) is 0 Å². The Labute approximate surface area is 93.4 Å². The Hall–Kier alpha value is -1.10. The van der Waals surface area contributed by atoms with Crippen molar-refractivity contribution in [1.82, 2.24) is 4.98 Å². The van der Waals surface area contributed by atoms with Gasteiger partial charge in [0.25, 0.3) is 0 Å². The van der Waals surface area contributed by atoms with Gasteiger partial charge in [-0.3, -0.25) is 4.79 Å². The first kappa shape index (κ1) is 12.0. The number of hydrogen-bond acceptors (Lipinski definition) is 4. The highest BCUT2D eigenvalue weighted by Gasteiger charge is 2.07. The number of nitrogens with zero attached hydrogens (tertiary/aromatic N) is 1. The molecule has 2 N–H and O–H groups in total. The van der Waals surface area contributed by atoms with Gasteiger partial charge in [-0.15, -0.1) is 11.3 Å². The van der Waals surface area contributed by atoms with E-state index in [4.69, 9.17) is 5.11 Å². The summed E-state index contributed by atoms with van der Waals surface area (Å²) in [6.07, 6.45) is 2.22. The van der Waals surface area contributed by atoms with Gasteiger partial charge in [-0.25, -0.2) is 4.98 Å². The molecule has 0 amide bonds. The van der Waals surface area contributed by atoms with E-state index in [1.165, 1.54) is 11.3 Å². The van der Waals surface area contributed by atoms with Crippen molar-refractivity contribution in [3.8, 4) is 0 Å². The molecule has 15 heavy (non-hydrogen) atoms. The van der Waals surface area contributed by atoms with Crippen molar-refractivity contribution in [3.05, 3.63) is 11.1 Å². The van der Waals surface area contributed by atoms with Gasteiger partial charge >= 0.3 is 5.97 Å². The van der Waals surface area contributed by atoms with Crippen LogP contribution in [0.15, 0.2) is 5.38 Å². The summed E-state index contributed by atoms with van der Waals surface area (Å²) in [6.45, 7) is 4.23. The van der Waals surface area contributed by atoms with Crippen LogP contribution in [0.25, 0.3) is 0 Å². The van der Waals surface area contributed by atoms with Gasteiger partial charge in [-0.2, -0.15) is 0 Å². The molecule has 0 fully saturated rings. The molecule has 0 spiro atoms. The SMILES string of the molecule is CCCC(C)Nc1nc(CC(=O)O)cs1. The Morgan fingerprint density at radius 1 is 1.73 bits per heavy atom. The number of carboxylic acids is 1. The fraction of sp³-hybridized carbons (Fsp3) is 0.600. The van der Waals surface area contributed by atoms with Crippen LogP contribution >= 0.6 is 11.3 Å². The first-order valence-corrected chi connectivity index (χ1v) is 5.92. The molecule has 1 atom stereocenters. The third kappa shape index (κ3) is 4.29. The van der Waals surface area contributed by atoms with Gasteiger partial charge in [0.1, 0.15) is 0 Å². The van der Waals surface area contributed by atoms with Crippen molar-refractivity contribution in [2.45, 2.75) is 39.2 Å². The van der Waals surface area contributed by atoms with Crippen LogP contribution in [-0.4, -0.2) is 22.1 Å². The van der Waals surface area contributed by atoms with E-state index in [0.717, 1.165) is 18.0 Å². The summed E-state index contributed by atoms with van der Waals surface area (Å²) in [4.78, 5) is 14.6. The molecule has 0 aromatic carbocycles. The summed E-state index contributed by atoms with van der Waals surface area (Å²) in [5, 5.41) is 14.4. The molecular weight excluding hydrogens is 212 g/mol. The van der Waals surface area contributed by atoms with Gasteiger partial charge in [0.05, 0.1) is 12.1 Å². The van der Waals surface area contributed by atoms with Crippen molar-refractivity contribution < 1.29 is 9.90 Å². The zero-order valence-electron chi connectivity index (χ0n) is 8.99. The number of hydrogen-bond donors (Lipinski definition) is 2. The molecule has 84 valence electrons. The van der Waals surface area contributed by atoms with E-state index in [-0.39, 0.29) is 6.42 Å². The van der Waals surface area contributed by atoms with Gasteiger partial charge in [-0.05, 0) is 13.3 Å². The summed E-state index contributed by atoms with van der Waals surface area (Å²) < 4.78 is 0. The Bertz CT molecular complexity index is 325. The van der Waals surface area contributed by atoms with Crippen LogP contribution in [0, 0.1) is 0 Å². The lowest BCUT2D eigenvalue weighted by atomic mass is 10.2. The number of rotatable bonds is 6. The molecule has 0 saturated carbocycles. The lowest BCUT2D eigenvalue weighted by molar-refractivity contribution is -0.136. The molecule has 0 aliphatic heterocycles. The number of carboxylic acid groups (broad SMARTS) is 1. The minimum Gasteiger partial charge on any atom is -0.481 e. The second-order valence-electron chi connectivity index (χ2n) is 3.55. The van der Waals surface area contributed by atoms with Crippen LogP contribution in [0.4, 0.5) is 5.13 Å². The summed E-state index contributed by atoms with van der Waals surface area (Å²) in [6, 6.07) is 0.388. The molecule has 1 unspecified atom stereocenters. The zero-order valence-corrected chi connectivity index (χ0v) is 9.80. The second-order valence-corrected chi connectivity index (χ2v) is 4.41. The smallest absolute Gasteiger partial charge is 0.309 e. The molecule has 0 saturated heterocycles. The fourth-order valence-corrected chi connectivity index (χ4v) is 2.15. The van der Waals surface area contributed by atoms with E-state index < -0.39 is 5.97 Å². The van der Waals surface area contributed by atoms with Gasteiger partial charge in [0, 0.05) is 11.4 Å². The van der Waals surface area contributed by atoms with Gasteiger partial charge in [-0.1, -0.05) is 13.3 Å². The maximum atomic E-state index is 10.4. The number of carbonyl (C=O) groups is 1. The Balaban J connectivity index is 2.48. The van der Waals surface area contributed by atoms with Crippen molar-refractivity contribution in [2.75, 3.05) is 5.32 Å². The standard InChI is InChI=1S/C10H16N2O2S/c1-3-4-7(2)11-10-12-8(6-15-10)5-9(13)14/h6-7H,3-5H2,1-2H3,(H,11,12)(H,13,14). The quantitative estimate of drug-likeness (QED) is 0.784. The number of aromatic nitrogens is 1. The largest absolute Gasteiger partial charge is 0.481 e. The monoisotopic (exact) mass is 228 g/mol. The second kappa shape index (κ2) is 5.70. The van der Waals surface area contributed by atoms with Gasteiger partial charge in [0.15, 0.2) is 5.13 Å². The predicted octanol–water partition coefficient (Wildman–Crippen LogP) is 2.37. The molecule has 1 aromatic heterocycles. The maximum absolute atomic E-state index is 10.4. The highest BCUT2D eigenvalue weighted by atomic mass is 32.1. The molecule has 0 radical (unpaired) electrons. The van der Waals surface area contributed by atoms with E-state index in [1.54, 1.807) is 5.38 Å². The van der Waals surface area contributed by atoms with Crippen LogP contribution < -0.4 is 5.32 Å². The summed E-state index contributed by atoms with van der Waals surface area (Å²) >= 11 is 1.46. The molecule has 4 nitrogen and oxygen atoms in total. The molecule has 5 heteroatoms. The number of nitrogens with one attached hydrogen (secondary N) is 1. The van der Waals surface area contributed by atoms with Crippen molar-refractivity contribution in [2.24, 2.45) is 0 Å². The van der Waals surface area contributed by atoms with Gasteiger partial charge < -0.3 is 10.4 Å². The van der Waals surface area contributed by atoms with Crippen LogP contribution in [0.1, 0.15) is 32.4 Å². The lowest BCUT2D eigenvalue weighted by Crippen LogP contribution is -2.14. The van der Waals surface area contributed by atoms with E-state index in [0.29, 0.717) is 11.7 Å². The maximum Gasteiger partial charge on any atom is 0.309 e. The van der Waals surface area contributed by atoms with E-state index in [2.05, 4.69) is 24.1 Å². The normalized spacial score (nSPS) is 12.4. The molecule has 0 aliphatic carbocycles. The van der Waals surface area contributed by atoms with Crippen LogP contribution in [-0.2, 0) is 11.2 Å². The third-order valence-corrected chi connectivity index (χ3v) is 2.80. The Morgan fingerprint density at radius 3 is 3.07 bits per heavy atom. The average molecular weight is 228 g/mol. The number of thiazole rings is 1. The van der Waals surface area contributed by atoms with Crippen molar-refractivity contribution >= 4 is 22.4 Å². The van der Waals surface area contributed by atoms with Gasteiger partial charge in [0.2, 0.25) is 0 Å². The summed E-state index contributed by atoms with van der Waals surface area (Å²) in [5.74, 6) is -0.839. The number of aliphatic carboxylic acids is 1. The average Bonchev–Trinajstić information content (AvgIpc) is 2.51. The first-order chi connectivity index (χ1) is 7.11. The van der Waals surface area contributed by atoms with Crippen molar-refractivity contribution in [1.29, 1.82) is 0 Å². The Kier molecular flexibility index (Phi) is 4.55. The molecule has 1 heterocycles. The highest BCUT2D eigenvalue weighted by molar-refractivity contribution is 7.13. The van der Waals surface area contributed by atoms with Crippen LogP contribution in [0.3, 0.4) is 0 Å². The minimum absolute atomic E-state index is 0.000336. The topological polar surface area (TPSA) is 62.2 Å². The minimum atomic E-state index is -0.839. The van der Waals surface area contributed by atoms with Crippen LogP contribution in [0.5, 0.6) is 0 Å². The third-order valence-electron chi connectivity index (χ3n) is 1.98. The highest BCUT2D eigenvalue weighted by Crippen LogP contribution is 2.17. The molecule has 1 rings (SSSR count). The molecule has 0 bridgehead atoms.